The van der Waals surface area contributed by atoms with Gasteiger partial charge >= 0.3 is 0 Å². The van der Waals surface area contributed by atoms with E-state index in [2.05, 4.69) is 18.9 Å². The van der Waals surface area contributed by atoms with Gasteiger partial charge in [0.15, 0.2) is 0 Å². The summed E-state index contributed by atoms with van der Waals surface area (Å²) in [5, 5.41) is 10.7. The molecule has 0 aromatic heterocycles. The molecule has 0 aromatic rings. The summed E-state index contributed by atoms with van der Waals surface area (Å²) in [7, 11) is 2.10. The second kappa shape index (κ2) is 6.44. The average Bonchev–Trinajstić information content (AvgIpc) is 2.81. The lowest BCUT2D eigenvalue weighted by Crippen LogP contribution is -2.45. The van der Waals surface area contributed by atoms with E-state index in [0.717, 1.165) is 64.2 Å². The molecule has 0 radical (unpaired) electrons. The fourth-order valence-corrected chi connectivity index (χ4v) is 3.73. The van der Waals surface area contributed by atoms with Crippen molar-refractivity contribution < 1.29 is 9.90 Å². The molecule has 0 bridgehead atoms. The third kappa shape index (κ3) is 4.19. The quantitative estimate of drug-likeness (QED) is 0.854. The first-order valence-corrected chi connectivity index (χ1v) is 8.04. The minimum atomic E-state index is -0.486. The number of hydrogen-bond acceptors (Lipinski definition) is 3. The van der Waals surface area contributed by atoms with E-state index in [4.69, 9.17) is 0 Å². The Bertz CT molecular complexity index is 337. The summed E-state index contributed by atoms with van der Waals surface area (Å²) in [5.41, 5.74) is -0.486. The van der Waals surface area contributed by atoms with Crippen LogP contribution in [0.15, 0.2) is 0 Å². The number of hydrogen-bond donors (Lipinski definition) is 1. The number of carbonyl (C=O) groups excluding carboxylic acids is 1. The van der Waals surface area contributed by atoms with Crippen LogP contribution >= 0.6 is 0 Å². The van der Waals surface area contributed by atoms with Gasteiger partial charge in [0.25, 0.3) is 0 Å². The maximum Gasteiger partial charge on any atom is 0.219 e. The summed E-state index contributed by atoms with van der Waals surface area (Å²) in [6.45, 7) is 7.47. The maximum atomic E-state index is 11.3. The predicted octanol–water partition coefficient (Wildman–Crippen LogP) is 1.73. The molecule has 1 atom stereocenters. The SMILES string of the molecule is CC(=O)N1CCC(CN(C)CC2(O)CCC(C)CC2)C1. The van der Waals surface area contributed by atoms with Crippen LogP contribution in [-0.4, -0.2) is 59.6 Å². The van der Waals surface area contributed by atoms with Gasteiger partial charge in [-0.1, -0.05) is 6.92 Å². The largest absolute Gasteiger partial charge is 0.389 e. The third-order valence-corrected chi connectivity index (χ3v) is 5.07. The molecule has 4 nitrogen and oxygen atoms in total. The van der Waals surface area contributed by atoms with Gasteiger partial charge in [-0.05, 0) is 51.0 Å². The smallest absolute Gasteiger partial charge is 0.219 e. The molecule has 2 fully saturated rings. The van der Waals surface area contributed by atoms with E-state index in [-0.39, 0.29) is 5.91 Å². The predicted molar refractivity (Wildman–Crippen MR) is 80.4 cm³/mol. The Labute approximate surface area is 123 Å². The summed E-state index contributed by atoms with van der Waals surface area (Å²) in [5.74, 6) is 1.52. The van der Waals surface area contributed by atoms with Crippen LogP contribution in [0.1, 0.15) is 46.0 Å². The highest BCUT2D eigenvalue weighted by Gasteiger charge is 2.34. The molecule has 20 heavy (non-hydrogen) atoms. The van der Waals surface area contributed by atoms with Crippen LogP contribution in [0.2, 0.25) is 0 Å². The molecule has 116 valence electrons. The molecule has 1 N–H and O–H groups in total. The minimum Gasteiger partial charge on any atom is -0.389 e. The molecule has 1 heterocycles. The summed E-state index contributed by atoms with van der Waals surface area (Å²) in [6, 6.07) is 0. The molecule has 0 aromatic carbocycles. The summed E-state index contributed by atoms with van der Waals surface area (Å²) >= 11 is 0. The van der Waals surface area contributed by atoms with Crippen LogP contribution in [0.25, 0.3) is 0 Å². The lowest BCUT2D eigenvalue weighted by atomic mass is 9.79. The van der Waals surface area contributed by atoms with Gasteiger partial charge in [-0.25, -0.2) is 0 Å². The Balaban J connectivity index is 1.75. The van der Waals surface area contributed by atoms with Crippen molar-refractivity contribution in [2.45, 2.75) is 51.6 Å². The highest BCUT2D eigenvalue weighted by molar-refractivity contribution is 5.73. The highest BCUT2D eigenvalue weighted by Crippen LogP contribution is 2.32. The first kappa shape index (κ1) is 15.8. The Hall–Kier alpha value is -0.610. The third-order valence-electron chi connectivity index (χ3n) is 5.07. The van der Waals surface area contributed by atoms with Gasteiger partial charge in [0.1, 0.15) is 0 Å². The molecule has 1 amide bonds. The van der Waals surface area contributed by atoms with Gasteiger partial charge in [0, 0.05) is 33.1 Å². The van der Waals surface area contributed by atoms with E-state index in [1.165, 1.54) is 0 Å². The first-order valence-electron chi connectivity index (χ1n) is 8.04. The number of amides is 1. The van der Waals surface area contributed by atoms with Gasteiger partial charge in [0.05, 0.1) is 5.60 Å². The molecule has 1 aliphatic carbocycles. The van der Waals surface area contributed by atoms with Gasteiger partial charge in [-0.15, -0.1) is 0 Å². The second-order valence-corrected chi connectivity index (χ2v) is 7.22. The van der Waals surface area contributed by atoms with Crippen molar-refractivity contribution in [3.8, 4) is 0 Å². The zero-order valence-electron chi connectivity index (χ0n) is 13.3. The molecule has 1 saturated carbocycles. The lowest BCUT2D eigenvalue weighted by Gasteiger charge is -2.38. The summed E-state index contributed by atoms with van der Waals surface area (Å²) in [6.07, 6.45) is 5.25. The number of nitrogens with zero attached hydrogens (tertiary/aromatic N) is 2. The van der Waals surface area contributed by atoms with Crippen molar-refractivity contribution in [3.05, 3.63) is 0 Å². The van der Waals surface area contributed by atoms with Crippen LogP contribution in [0.3, 0.4) is 0 Å². The molecular formula is C16H30N2O2. The van der Waals surface area contributed by atoms with E-state index < -0.39 is 5.60 Å². The Morgan fingerprint density at radius 1 is 1.35 bits per heavy atom. The molecule has 1 saturated heterocycles. The summed E-state index contributed by atoms with van der Waals surface area (Å²) in [4.78, 5) is 15.6. The molecule has 4 heteroatoms. The van der Waals surface area contributed by atoms with Gasteiger partial charge < -0.3 is 14.9 Å². The molecule has 0 spiro atoms. The molecule has 2 aliphatic rings. The molecule has 1 unspecified atom stereocenters. The molecular weight excluding hydrogens is 252 g/mol. The van der Waals surface area contributed by atoms with Crippen molar-refractivity contribution >= 4 is 5.91 Å². The topological polar surface area (TPSA) is 43.8 Å². The van der Waals surface area contributed by atoms with Crippen molar-refractivity contribution in [2.24, 2.45) is 11.8 Å². The normalized spacial score (nSPS) is 34.8. The Morgan fingerprint density at radius 2 is 2.00 bits per heavy atom. The molecule has 1 aliphatic heterocycles. The average molecular weight is 282 g/mol. The number of likely N-dealkylation sites (N-methyl/N-ethyl adjacent to an activating group) is 1. The summed E-state index contributed by atoms with van der Waals surface area (Å²) < 4.78 is 0. The fraction of sp³-hybridized carbons (Fsp3) is 0.938. The molecule has 2 rings (SSSR count). The lowest BCUT2D eigenvalue weighted by molar-refractivity contribution is -0.127. The van der Waals surface area contributed by atoms with Crippen LogP contribution in [0.4, 0.5) is 0 Å². The van der Waals surface area contributed by atoms with E-state index in [9.17, 15) is 9.90 Å². The van der Waals surface area contributed by atoms with Gasteiger partial charge in [-0.2, -0.15) is 0 Å². The van der Waals surface area contributed by atoms with E-state index in [1.807, 2.05) is 4.90 Å². The van der Waals surface area contributed by atoms with Crippen molar-refractivity contribution in [1.29, 1.82) is 0 Å². The van der Waals surface area contributed by atoms with Crippen LogP contribution in [0, 0.1) is 11.8 Å². The van der Waals surface area contributed by atoms with Crippen molar-refractivity contribution in [1.82, 2.24) is 9.80 Å². The van der Waals surface area contributed by atoms with Crippen LogP contribution in [0.5, 0.6) is 0 Å². The number of carbonyl (C=O) groups is 1. The zero-order chi connectivity index (χ0) is 14.8. The fourth-order valence-electron chi connectivity index (χ4n) is 3.73. The zero-order valence-corrected chi connectivity index (χ0v) is 13.3. The number of rotatable bonds is 4. The van der Waals surface area contributed by atoms with E-state index in [0.29, 0.717) is 5.92 Å². The van der Waals surface area contributed by atoms with E-state index >= 15 is 0 Å². The van der Waals surface area contributed by atoms with Crippen molar-refractivity contribution in [3.63, 3.8) is 0 Å². The maximum absolute atomic E-state index is 11.3. The first-order chi connectivity index (χ1) is 9.38. The second-order valence-electron chi connectivity index (χ2n) is 7.22. The number of likely N-dealkylation sites (tertiary alicyclic amines) is 1. The highest BCUT2D eigenvalue weighted by atomic mass is 16.3. The Morgan fingerprint density at radius 3 is 2.55 bits per heavy atom. The van der Waals surface area contributed by atoms with Crippen LogP contribution in [-0.2, 0) is 4.79 Å². The monoisotopic (exact) mass is 282 g/mol. The Kier molecular flexibility index (Phi) is 5.08. The van der Waals surface area contributed by atoms with Crippen molar-refractivity contribution in [2.75, 3.05) is 33.2 Å². The van der Waals surface area contributed by atoms with Gasteiger partial charge in [-0.3, -0.25) is 4.79 Å². The standard InChI is InChI=1S/C16H30N2O2/c1-13-4-7-16(20,8-5-13)12-17(3)10-15-6-9-18(11-15)14(2)19/h13,15,20H,4-12H2,1-3H3. The minimum absolute atomic E-state index is 0.190. The van der Waals surface area contributed by atoms with E-state index in [1.54, 1.807) is 6.92 Å². The number of aliphatic hydroxyl groups is 1. The van der Waals surface area contributed by atoms with Gasteiger partial charge in [0.2, 0.25) is 5.91 Å². The van der Waals surface area contributed by atoms with Crippen LogP contribution < -0.4 is 0 Å².